The number of carbonyl (C=O) groups excluding carboxylic acids is 1. The second-order valence-electron chi connectivity index (χ2n) is 7.24. The smallest absolute Gasteiger partial charge is 0.223 e. The number of hydrogen-bond acceptors (Lipinski definition) is 4. The van der Waals surface area contributed by atoms with Crippen molar-refractivity contribution in [1.29, 1.82) is 0 Å². The van der Waals surface area contributed by atoms with Crippen molar-refractivity contribution in [3.8, 4) is 0 Å². The molecule has 0 bridgehead atoms. The molecule has 2 fully saturated rings. The monoisotopic (exact) mass is 366 g/mol. The Morgan fingerprint density at radius 3 is 2.22 bits per heavy atom. The molecule has 2 unspecified atom stereocenters. The summed E-state index contributed by atoms with van der Waals surface area (Å²) >= 11 is 0. The number of hydrogen-bond donors (Lipinski definition) is 1. The molecule has 1 heterocycles. The van der Waals surface area contributed by atoms with Crippen LogP contribution in [0.3, 0.4) is 0 Å². The minimum Gasteiger partial charge on any atom is -0.336 e. The first kappa shape index (κ1) is 20.7. The van der Waals surface area contributed by atoms with Gasteiger partial charge < -0.3 is 10.2 Å². The van der Waals surface area contributed by atoms with Crippen LogP contribution >= 0.6 is 12.4 Å². The van der Waals surface area contributed by atoms with E-state index >= 15 is 0 Å². The predicted octanol–water partition coefficient (Wildman–Crippen LogP) is 1.86. The fraction of sp³-hybridized carbons (Fsp3) is 0.938. The molecule has 7 heteroatoms. The summed E-state index contributed by atoms with van der Waals surface area (Å²) in [6.45, 7) is 6.12. The van der Waals surface area contributed by atoms with Crippen LogP contribution in [0.1, 0.15) is 46.0 Å². The van der Waals surface area contributed by atoms with Gasteiger partial charge in [-0.3, -0.25) is 4.79 Å². The minimum absolute atomic E-state index is 0. The lowest BCUT2D eigenvalue weighted by atomic mass is 9.84. The second-order valence-corrected chi connectivity index (χ2v) is 9.43. The third-order valence-electron chi connectivity index (χ3n) is 4.93. The Kier molecular flexibility index (Phi) is 7.81. The topological polar surface area (TPSA) is 66.5 Å². The fourth-order valence-corrected chi connectivity index (χ4v) is 4.68. The minimum atomic E-state index is -3.06. The average molecular weight is 367 g/mol. The zero-order valence-corrected chi connectivity index (χ0v) is 16.1. The van der Waals surface area contributed by atoms with Gasteiger partial charge in [-0.25, -0.2) is 8.42 Å². The first-order valence-electron chi connectivity index (χ1n) is 8.47. The molecule has 2 atom stereocenters. The van der Waals surface area contributed by atoms with Crippen LogP contribution in [0.15, 0.2) is 0 Å². The van der Waals surface area contributed by atoms with Crippen LogP contribution < -0.4 is 5.32 Å². The van der Waals surface area contributed by atoms with Crippen LogP contribution in [0.4, 0.5) is 0 Å². The van der Waals surface area contributed by atoms with E-state index in [0.717, 1.165) is 38.8 Å². The highest BCUT2D eigenvalue weighted by atomic mass is 35.5. The molecular weight excluding hydrogens is 336 g/mol. The van der Waals surface area contributed by atoms with E-state index < -0.39 is 9.84 Å². The second kappa shape index (κ2) is 8.67. The molecule has 2 rings (SSSR count). The number of piperidine rings is 1. The third kappa shape index (κ3) is 6.59. The van der Waals surface area contributed by atoms with Gasteiger partial charge in [0.25, 0.3) is 0 Å². The summed E-state index contributed by atoms with van der Waals surface area (Å²) in [7, 11) is -3.06. The van der Waals surface area contributed by atoms with Crippen LogP contribution in [0.25, 0.3) is 0 Å². The quantitative estimate of drug-likeness (QED) is 0.746. The summed E-state index contributed by atoms with van der Waals surface area (Å²) in [5, 5.41) is 3.36. The Balaban J connectivity index is 0.00000264. The number of nitrogens with zero attached hydrogens (tertiary/aromatic N) is 1. The van der Waals surface area contributed by atoms with Gasteiger partial charge >= 0.3 is 0 Å². The van der Waals surface area contributed by atoms with Gasteiger partial charge in [0.1, 0.15) is 9.84 Å². The van der Waals surface area contributed by atoms with E-state index in [0.29, 0.717) is 18.3 Å². The first-order valence-corrected chi connectivity index (χ1v) is 10.5. The number of halogens is 1. The van der Waals surface area contributed by atoms with Gasteiger partial charge in [0, 0.05) is 24.8 Å². The van der Waals surface area contributed by atoms with Crippen LogP contribution in [0.5, 0.6) is 0 Å². The summed E-state index contributed by atoms with van der Waals surface area (Å²) in [6.07, 6.45) is 6.10. The summed E-state index contributed by atoms with van der Waals surface area (Å²) in [6, 6.07) is 0.0553. The molecule has 1 amide bonds. The lowest BCUT2D eigenvalue weighted by Crippen LogP contribution is -2.44. The van der Waals surface area contributed by atoms with Crippen LogP contribution in [0.2, 0.25) is 0 Å². The van der Waals surface area contributed by atoms with Crippen molar-refractivity contribution < 1.29 is 13.2 Å². The molecule has 1 aliphatic heterocycles. The van der Waals surface area contributed by atoms with E-state index in [9.17, 15) is 13.2 Å². The van der Waals surface area contributed by atoms with Gasteiger partial charge in [-0.05, 0) is 57.5 Å². The van der Waals surface area contributed by atoms with Crippen LogP contribution in [-0.4, -0.2) is 56.4 Å². The van der Waals surface area contributed by atoms with Crippen molar-refractivity contribution >= 4 is 28.2 Å². The van der Waals surface area contributed by atoms with Crippen molar-refractivity contribution in [2.45, 2.75) is 58.0 Å². The van der Waals surface area contributed by atoms with Gasteiger partial charge in [-0.1, -0.05) is 6.92 Å². The van der Waals surface area contributed by atoms with Crippen molar-refractivity contribution in [3.63, 3.8) is 0 Å². The number of carbonyl (C=O) groups is 1. The molecule has 0 aromatic heterocycles. The molecule has 5 nitrogen and oxygen atoms in total. The highest BCUT2D eigenvalue weighted by molar-refractivity contribution is 7.90. The Bertz CT molecular complexity index is 488. The van der Waals surface area contributed by atoms with Crippen LogP contribution in [-0.2, 0) is 14.6 Å². The van der Waals surface area contributed by atoms with E-state index in [1.807, 2.05) is 11.8 Å². The van der Waals surface area contributed by atoms with Gasteiger partial charge in [0.2, 0.25) is 5.91 Å². The first-order chi connectivity index (χ1) is 10.3. The lowest BCUT2D eigenvalue weighted by Gasteiger charge is -2.33. The van der Waals surface area contributed by atoms with E-state index in [4.69, 9.17) is 0 Å². The van der Waals surface area contributed by atoms with Crippen LogP contribution in [0, 0.1) is 11.8 Å². The zero-order chi connectivity index (χ0) is 16.3. The summed E-state index contributed by atoms with van der Waals surface area (Å²) in [5.74, 6) is 1.19. The summed E-state index contributed by atoms with van der Waals surface area (Å²) in [5.41, 5.74) is 0. The number of rotatable bonds is 7. The maximum absolute atomic E-state index is 12.7. The van der Waals surface area contributed by atoms with Crippen molar-refractivity contribution in [2.24, 2.45) is 11.8 Å². The highest BCUT2D eigenvalue weighted by Crippen LogP contribution is 2.32. The standard InChI is InChI=1S/C16H30N2O3S.ClH/c1-12(14-6-8-17-9-7-14)10-16(19)18(15-4-5-15)13(2)11-22(3,20)21;/h12-15,17H,4-11H2,1-3H3;1H. The molecule has 1 N–H and O–H groups in total. The molecule has 0 aromatic carbocycles. The molecule has 1 saturated heterocycles. The lowest BCUT2D eigenvalue weighted by molar-refractivity contribution is -0.134. The summed E-state index contributed by atoms with van der Waals surface area (Å²) < 4.78 is 23.1. The fourth-order valence-electron chi connectivity index (χ4n) is 3.64. The Morgan fingerprint density at radius 2 is 1.74 bits per heavy atom. The molecular formula is C16H31ClN2O3S. The van der Waals surface area contributed by atoms with E-state index in [1.165, 1.54) is 6.26 Å². The summed E-state index contributed by atoms with van der Waals surface area (Å²) in [4.78, 5) is 14.6. The average Bonchev–Trinajstić information content (AvgIpc) is 3.22. The number of sulfone groups is 1. The van der Waals surface area contributed by atoms with Crippen molar-refractivity contribution in [2.75, 3.05) is 25.1 Å². The Labute approximate surface area is 146 Å². The normalized spacial score (nSPS) is 22.0. The third-order valence-corrected chi connectivity index (χ3v) is 6.02. The van der Waals surface area contributed by atoms with Gasteiger partial charge in [-0.2, -0.15) is 0 Å². The van der Waals surface area contributed by atoms with E-state index in [1.54, 1.807) is 0 Å². The van der Waals surface area contributed by atoms with Crippen molar-refractivity contribution in [1.82, 2.24) is 10.2 Å². The largest absolute Gasteiger partial charge is 0.336 e. The number of amides is 1. The molecule has 1 aliphatic carbocycles. The highest BCUT2D eigenvalue weighted by Gasteiger charge is 2.37. The van der Waals surface area contributed by atoms with E-state index in [2.05, 4.69) is 12.2 Å². The Morgan fingerprint density at radius 1 is 1.17 bits per heavy atom. The van der Waals surface area contributed by atoms with Crippen molar-refractivity contribution in [3.05, 3.63) is 0 Å². The molecule has 0 aromatic rings. The molecule has 2 aliphatic rings. The van der Waals surface area contributed by atoms with Gasteiger partial charge in [0.15, 0.2) is 0 Å². The molecule has 23 heavy (non-hydrogen) atoms. The van der Waals surface area contributed by atoms with E-state index in [-0.39, 0.29) is 36.2 Å². The molecule has 1 saturated carbocycles. The predicted molar refractivity (Wildman–Crippen MR) is 95.7 cm³/mol. The SMILES string of the molecule is CC(CC(=O)N(C(C)CS(C)(=O)=O)C1CC1)C1CCNCC1.Cl. The molecule has 136 valence electrons. The Hall–Kier alpha value is -0.330. The maximum Gasteiger partial charge on any atom is 0.223 e. The van der Waals surface area contributed by atoms with Gasteiger partial charge in [0.05, 0.1) is 5.75 Å². The number of nitrogens with one attached hydrogen (secondary N) is 1. The van der Waals surface area contributed by atoms with Gasteiger partial charge in [-0.15, -0.1) is 12.4 Å². The molecule has 0 radical (unpaired) electrons. The maximum atomic E-state index is 12.7. The zero-order valence-electron chi connectivity index (χ0n) is 14.5. The molecule has 0 spiro atoms.